The maximum absolute atomic E-state index is 4.64. The molecule has 61 heavy (non-hydrogen) atoms. The minimum Gasteiger partial charge on any atom is -0.309 e. The molecule has 0 bridgehead atoms. The van der Waals surface area contributed by atoms with Crippen LogP contribution in [0.5, 0.6) is 0 Å². The molecule has 0 atom stereocenters. The summed E-state index contributed by atoms with van der Waals surface area (Å²) in [5.41, 5.74) is 16.2. The standard InChI is InChI=1S/C59H34N2/c1-3-11-36(12-4-1)53-44-17-7-8-18-45(44)54(37-13-5-2-6-14-37)59-48-30-29-42(43-19-10-20-46(56(43)48)58(53)59)35-23-26-41(27-24-35)61-50-31-32-60-34-49(50)57-47-28-25-39-16-9-15-38-21-22-40(33-51(57)61)55(47)52(38)39/h1-34H. The van der Waals surface area contributed by atoms with Gasteiger partial charge in [-0.1, -0.05) is 170 Å². The first-order chi connectivity index (χ1) is 30.3. The molecule has 280 valence electrons. The van der Waals surface area contributed by atoms with Crippen LogP contribution in [0.2, 0.25) is 0 Å². The molecule has 0 aliphatic heterocycles. The van der Waals surface area contributed by atoms with Gasteiger partial charge in [0.05, 0.1) is 11.0 Å². The lowest BCUT2D eigenvalue weighted by atomic mass is 9.82. The van der Waals surface area contributed by atoms with Crippen LogP contribution in [0.3, 0.4) is 0 Å². The second-order valence-electron chi connectivity index (χ2n) is 16.6. The fourth-order valence-electron chi connectivity index (χ4n) is 11.1. The molecule has 1 aliphatic carbocycles. The SMILES string of the molecule is c1ccc(-c2c3c(c(-c4ccccc4)c4ccccc24)-c2ccc(-c4ccc(-n5c6ccncc6c6c7ccc8cccc9ccc(cc65)c7c98)cc4)c4cccc-3c24)cc1. The highest BCUT2D eigenvalue weighted by Gasteiger charge is 2.31. The summed E-state index contributed by atoms with van der Waals surface area (Å²) < 4.78 is 2.43. The van der Waals surface area contributed by atoms with Crippen molar-refractivity contribution < 1.29 is 0 Å². The quantitative estimate of drug-likeness (QED) is 0.163. The van der Waals surface area contributed by atoms with Crippen LogP contribution < -0.4 is 0 Å². The van der Waals surface area contributed by atoms with Gasteiger partial charge in [0, 0.05) is 28.9 Å². The van der Waals surface area contributed by atoms with Crippen LogP contribution in [-0.4, -0.2) is 9.55 Å². The van der Waals surface area contributed by atoms with Crippen LogP contribution in [0.4, 0.5) is 0 Å². The molecule has 0 amide bonds. The largest absolute Gasteiger partial charge is 0.309 e. The molecule has 14 rings (SSSR count). The van der Waals surface area contributed by atoms with E-state index in [0.717, 1.165) is 11.2 Å². The van der Waals surface area contributed by atoms with Crippen molar-refractivity contribution >= 4 is 75.7 Å². The molecule has 0 radical (unpaired) electrons. The molecule has 1 aliphatic rings. The summed E-state index contributed by atoms with van der Waals surface area (Å²) >= 11 is 0. The topological polar surface area (TPSA) is 17.8 Å². The van der Waals surface area contributed by atoms with E-state index in [1.165, 1.54) is 126 Å². The Morgan fingerprint density at radius 3 is 1.64 bits per heavy atom. The third-order valence-electron chi connectivity index (χ3n) is 13.5. The van der Waals surface area contributed by atoms with Crippen LogP contribution >= 0.6 is 0 Å². The van der Waals surface area contributed by atoms with E-state index in [0.29, 0.717) is 0 Å². The minimum absolute atomic E-state index is 1.13. The van der Waals surface area contributed by atoms with Crippen LogP contribution in [0, 0.1) is 0 Å². The van der Waals surface area contributed by atoms with Gasteiger partial charge >= 0.3 is 0 Å². The molecule has 13 aromatic rings. The van der Waals surface area contributed by atoms with E-state index >= 15 is 0 Å². The average Bonchev–Trinajstić information content (AvgIpc) is 3.84. The van der Waals surface area contributed by atoms with Crippen molar-refractivity contribution in [3.63, 3.8) is 0 Å². The molecule has 0 spiro atoms. The molecule has 0 N–H and O–H groups in total. The Labute approximate surface area is 351 Å². The van der Waals surface area contributed by atoms with Gasteiger partial charge in [0.25, 0.3) is 0 Å². The third-order valence-corrected chi connectivity index (χ3v) is 13.5. The van der Waals surface area contributed by atoms with Crippen LogP contribution in [0.1, 0.15) is 0 Å². The Kier molecular flexibility index (Phi) is 6.59. The predicted molar refractivity (Wildman–Crippen MR) is 258 cm³/mol. The Hall–Kier alpha value is -8.07. The molecule has 0 fully saturated rings. The number of hydrogen-bond donors (Lipinski definition) is 0. The van der Waals surface area contributed by atoms with Crippen molar-refractivity contribution in [1.29, 1.82) is 0 Å². The first-order valence-electron chi connectivity index (χ1n) is 21.1. The molecule has 2 aromatic heterocycles. The number of benzene rings is 11. The van der Waals surface area contributed by atoms with Gasteiger partial charge in [-0.05, 0) is 134 Å². The summed E-state index contributed by atoms with van der Waals surface area (Å²) in [6, 6.07) is 72.1. The summed E-state index contributed by atoms with van der Waals surface area (Å²) in [5.74, 6) is 0. The Morgan fingerprint density at radius 1 is 0.311 bits per heavy atom. The van der Waals surface area contributed by atoms with Crippen molar-refractivity contribution in [3.05, 3.63) is 207 Å². The van der Waals surface area contributed by atoms with E-state index in [-0.39, 0.29) is 0 Å². The summed E-state index contributed by atoms with van der Waals surface area (Å²) in [5, 5.41) is 15.3. The van der Waals surface area contributed by atoms with E-state index in [1.807, 2.05) is 12.4 Å². The molecule has 0 saturated carbocycles. The lowest BCUT2D eigenvalue weighted by molar-refractivity contribution is 1.18. The zero-order chi connectivity index (χ0) is 39.8. The lowest BCUT2D eigenvalue weighted by Crippen LogP contribution is -1.94. The summed E-state index contributed by atoms with van der Waals surface area (Å²) in [6.07, 6.45) is 3.96. The molecular formula is C59H34N2. The zero-order valence-electron chi connectivity index (χ0n) is 33.0. The van der Waals surface area contributed by atoms with Gasteiger partial charge in [0.1, 0.15) is 0 Å². The zero-order valence-corrected chi connectivity index (χ0v) is 33.0. The minimum atomic E-state index is 1.13. The fraction of sp³-hybridized carbons (Fsp3) is 0. The van der Waals surface area contributed by atoms with Gasteiger partial charge in [-0.25, -0.2) is 0 Å². The summed E-state index contributed by atoms with van der Waals surface area (Å²) in [6.45, 7) is 0. The summed E-state index contributed by atoms with van der Waals surface area (Å²) in [7, 11) is 0. The first-order valence-corrected chi connectivity index (χ1v) is 21.1. The van der Waals surface area contributed by atoms with Gasteiger partial charge in [-0.15, -0.1) is 0 Å². The average molecular weight is 771 g/mol. The van der Waals surface area contributed by atoms with Gasteiger partial charge in [0.2, 0.25) is 0 Å². The van der Waals surface area contributed by atoms with E-state index in [4.69, 9.17) is 0 Å². The van der Waals surface area contributed by atoms with Crippen LogP contribution in [0.25, 0.3) is 137 Å². The molecule has 2 nitrogen and oxygen atoms in total. The molecule has 11 aromatic carbocycles. The van der Waals surface area contributed by atoms with Gasteiger partial charge < -0.3 is 4.57 Å². The molecule has 0 saturated heterocycles. The third kappa shape index (κ3) is 4.43. The Bertz CT molecular complexity index is 3840. The molecule has 2 heteroatoms. The van der Waals surface area contributed by atoms with E-state index in [2.05, 4.69) is 204 Å². The maximum Gasteiger partial charge on any atom is 0.0572 e. The number of aromatic nitrogens is 2. The van der Waals surface area contributed by atoms with E-state index in [9.17, 15) is 0 Å². The molecule has 2 heterocycles. The second kappa shape index (κ2) is 12.2. The number of pyridine rings is 1. The van der Waals surface area contributed by atoms with Crippen molar-refractivity contribution in [3.8, 4) is 61.3 Å². The van der Waals surface area contributed by atoms with Crippen molar-refractivity contribution in [2.75, 3.05) is 0 Å². The predicted octanol–water partition coefficient (Wildman–Crippen LogP) is 16.0. The second-order valence-corrected chi connectivity index (χ2v) is 16.6. The molecular weight excluding hydrogens is 737 g/mol. The maximum atomic E-state index is 4.64. The smallest absolute Gasteiger partial charge is 0.0572 e. The van der Waals surface area contributed by atoms with Crippen molar-refractivity contribution in [2.45, 2.75) is 0 Å². The van der Waals surface area contributed by atoms with E-state index < -0.39 is 0 Å². The Balaban J connectivity index is 0.981. The number of rotatable bonds is 4. The highest BCUT2D eigenvalue weighted by molar-refractivity contribution is 6.33. The highest BCUT2D eigenvalue weighted by Crippen LogP contribution is 2.58. The van der Waals surface area contributed by atoms with Crippen LogP contribution in [0.15, 0.2) is 207 Å². The summed E-state index contributed by atoms with van der Waals surface area (Å²) in [4.78, 5) is 4.64. The van der Waals surface area contributed by atoms with E-state index in [1.54, 1.807) is 0 Å². The van der Waals surface area contributed by atoms with Crippen molar-refractivity contribution in [1.82, 2.24) is 9.55 Å². The Morgan fingerprint density at radius 2 is 0.918 bits per heavy atom. The fourth-order valence-corrected chi connectivity index (χ4v) is 11.1. The van der Waals surface area contributed by atoms with Crippen molar-refractivity contribution in [2.24, 2.45) is 0 Å². The highest BCUT2D eigenvalue weighted by atomic mass is 15.0. The normalized spacial score (nSPS) is 12.3. The number of nitrogens with zero attached hydrogens (tertiary/aromatic N) is 2. The van der Waals surface area contributed by atoms with Crippen LogP contribution in [-0.2, 0) is 0 Å². The number of fused-ring (bicyclic) bond motifs is 8. The lowest BCUT2D eigenvalue weighted by Gasteiger charge is -2.20. The van der Waals surface area contributed by atoms with Gasteiger partial charge in [-0.2, -0.15) is 0 Å². The van der Waals surface area contributed by atoms with Gasteiger partial charge in [-0.3, -0.25) is 4.98 Å². The monoisotopic (exact) mass is 770 g/mol. The molecule has 0 unspecified atom stereocenters. The first kappa shape index (κ1) is 32.8. The van der Waals surface area contributed by atoms with Gasteiger partial charge in [0.15, 0.2) is 0 Å². The number of hydrogen-bond acceptors (Lipinski definition) is 1.